The molecule has 1 aliphatic heterocycles. The molecule has 0 atom stereocenters. The number of benzene rings is 1. The van der Waals surface area contributed by atoms with Gasteiger partial charge in [-0.25, -0.2) is 4.79 Å². The number of fused-ring (bicyclic) bond motifs is 1. The average molecular weight is 308 g/mol. The van der Waals surface area contributed by atoms with Crippen LogP contribution >= 0.6 is 15.9 Å². The summed E-state index contributed by atoms with van der Waals surface area (Å²) in [5.41, 5.74) is 1.66. The molecule has 5 nitrogen and oxygen atoms in total. The third-order valence-corrected chi connectivity index (χ3v) is 3.41. The molecule has 0 radical (unpaired) electrons. The number of amides is 3. The Morgan fingerprint density at radius 1 is 1.28 bits per heavy atom. The fourth-order valence-corrected chi connectivity index (χ4v) is 2.59. The number of anilines is 1. The summed E-state index contributed by atoms with van der Waals surface area (Å²) >= 11 is 3.43. The van der Waals surface area contributed by atoms with Crippen LogP contribution in [0.3, 0.4) is 0 Å². The summed E-state index contributed by atoms with van der Waals surface area (Å²) in [6.07, 6.45) is 2.15. The molecule has 1 aromatic carbocycles. The molecule has 3 rings (SSSR count). The molecule has 92 valence electrons. The van der Waals surface area contributed by atoms with Gasteiger partial charge in [-0.1, -0.05) is 15.9 Å². The second-order valence-electron chi connectivity index (χ2n) is 4.12. The molecule has 3 amide bonds. The summed E-state index contributed by atoms with van der Waals surface area (Å²) in [5.74, 6) is -0.228. The van der Waals surface area contributed by atoms with Crippen molar-refractivity contribution in [1.29, 1.82) is 0 Å². The molecular formula is C12H10BrN3O2. The fraction of sp³-hybridized carbons (Fsp3) is 0.167. The molecule has 1 aromatic heterocycles. The number of aromatic amines is 1. The number of H-pyrrole nitrogens is 1. The highest BCUT2D eigenvalue weighted by atomic mass is 79.9. The van der Waals surface area contributed by atoms with Gasteiger partial charge in [0, 0.05) is 29.0 Å². The van der Waals surface area contributed by atoms with E-state index in [1.54, 1.807) is 4.90 Å². The van der Waals surface area contributed by atoms with Crippen molar-refractivity contribution in [2.75, 3.05) is 11.4 Å². The van der Waals surface area contributed by atoms with Crippen LogP contribution in [0.15, 0.2) is 28.9 Å². The molecule has 1 fully saturated rings. The SMILES string of the molecule is O=C1CCN(c2cc(Br)cc3cc[nH]c23)C(=O)N1. The lowest BCUT2D eigenvalue weighted by Gasteiger charge is -2.27. The largest absolute Gasteiger partial charge is 0.359 e. The Kier molecular flexibility index (Phi) is 2.59. The van der Waals surface area contributed by atoms with Gasteiger partial charge in [-0.2, -0.15) is 0 Å². The topological polar surface area (TPSA) is 65.2 Å². The fourth-order valence-electron chi connectivity index (χ4n) is 2.12. The van der Waals surface area contributed by atoms with Crippen LogP contribution < -0.4 is 10.2 Å². The van der Waals surface area contributed by atoms with Gasteiger partial charge in [0.2, 0.25) is 5.91 Å². The first-order valence-electron chi connectivity index (χ1n) is 5.53. The predicted octanol–water partition coefficient (Wildman–Crippen LogP) is 2.38. The van der Waals surface area contributed by atoms with Crippen molar-refractivity contribution >= 4 is 44.5 Å². The first kappa shape index (κ1) is 11.3. The number of halogens is 1. The molecular weight excluding hydrogens is 298 g/mol. The van der Waals surface area contributed by atoms with Gasteiger partial charge in [-0.05, 0) is 18.2 Å². The van der Waals surface area contributed by atoms with E-state index in [2.05, 4.69) is 26.2 Å². The second-order valence-corrected chi connectivity index (χ2v) is 5.04. The summed E-state index contributed by atoms with van der Waals surface area (Å²) in [6.45, 7) is 0.398. The second kappa shape index (κ2) is 4.13. The van der Waals surface area contributed by atoms with Crippen molar-refractivity contribution in [1.82, 2.24) is 10.3 Å². The van der Waals surface area contributed by atoms with E-state index in [-0.39, 0.29) is 11.9 Å². The number of carbonyl (C=O) groups excluding carboxylic acids is 2. The standard InChI is InChI=1S/C12H10BrN3O2/c13-8-5-7-1-3-14-11(7)9(6-8)16-4-2-10(17)15-12(16)18/h1,3,5-6,14H,2,4H2,(H,15,17,18). The van der Waals surface area contributed by atoms with Crippen molar-refractivity contribution in [2.24, 2.45) is 0 Å². The molecule has 6 heteroatoms. The van der Waals surface area contributed by atoms with E-state index in [0.29, 0.717) is 13.0 Å². The zero-order valence-electron chi connectivity index (χ0n) is 9.37. The minimum absolute atomic E-state index is 0.228. The minimum Gasteiger partial charge on any atom is -0.359 e. The van der Waals surface area contributed by atoms with Crippen LogP contribution in [0.4, 0.5) is 10.5 Å². The first-order chi connectivity index (χ1) is 8.65. The van der Waals surface area contributed by atoms with Crippen LogP contribution in [-0.2, 0) is 4.79 Å². The number of hydrogen-bond acceptors (Lipinski definition) is 2. The van der Waals surface area contributed by atoms with E-state index >= 15 is 0 Å². The Bertz CT molecular complexity index is 650. The maximum atomic E-state index is 11.8. The van der Waals surface area contributed by atoms with E-state index in [9.17, 15) is 9.59 Å². The molecule has 1 saturated heterocycles. The van der Waals surface area contributed by atoms with Gasteiger partial charge in [-0.3, -0.25) is 15.0 Å². The molecule has 1 aliphatic rings. The van der Waals surface area contributed by atoms with Crippen LogP contribution in [0.1, 0.15) is 6.42 Å². The van der Waals surface area contributed by atoms with E-state index in [4.69, 9.17) is 0 Å². The summed E-state index contributed by atoms with van der Waals surface area (Å²) in [7, 11) is 0. The van der Waals surface area contributed by atoms with Crippen LogP contribution in [0.25, 0.3) is 10.9 Å². The number of rotatable bonds is 1. The zero-order chi connectivity index (χ0) is 12.7. The van der Waals surface area contributed by atoms with Crippen molar-refractivity contribution in [2.45, 2.75) is 6.42 Å². The van der Waals surface area contributed by atoms with Crippen LogP contribution in [-0.4, -0.2) is 23.5 Å². The van der Waals surface area contributed by atoms with E-state index < -0.39 is 0 Å². The minimum atomic E-state index is -0.375. The van der Waals surface area contributed by atoms with Crippen molar-refractivity contribution in [3.63, 3.8) is 0 Å². The quantitative estimate of drug-likeness (QED) is 0.849. The Morgan fingerprint density at radius 2 is 2.11 bits per heavy atom. The molecule has 0 unspecified atom stereocenters. The van der Waals surface area contributed by atoms with Crippen LogP contribution in [0.2, 0.25) is 0 Å². The molecule has 0 aliphatic carbocycles. The van der Waals surface area contributed by atoms with Gasteiger partial charge >= 0.3 is 6.03 Å². The lowest BCUT2D eigenvalue weighted by atomic mass is 10.2. The molecule has 2 heterocycles. The van der Waals surface area contributed by atoms with Gasteiger partial charge in [0.05, 0.1) is 11.2 Å². The smallest absolute Gasteiger partial charge is 0.328 e. The first-order valence-corrected chi connectivity index (χ1v) is 6.32. The van der Waals surface area contributed by atoms with Crippen molar-refractivity contribution in [3.8, 4) is 0 Å². The van der Waals surface area contributed by atoms with E-state index in [1.807, 2.05) is 24.4 Å². The maximum absolute atomic E-state index is 11.8. The Balaban J connectivity index is 2.11. The molecule has 0 spiro atoms. The number of urea groups is 1. The number of nitrogens with one attached hydrogen (secondary N) is 2. The Morgan fingerprint density at radius 3 is 2.89 bits per heavy atom. The lowest BCUT2D eigenvalue weighted by molar-refractivity contribution is -0.120. The number of nitrogens with zero attached hydrogens (tertiary/aromatic N) is 1. The lowest BCUT2D eigenvalue weighted by Crippen LogP contribution is -2.49. The Hall–Kier alpha value is -1.82. The van der Waals surface area contributed by atoms with Gasteiger partial charge in [-0.15, -0.1) is 0 Å². The van der Waals surface area contributed by atoms with Gasteiger partial charge < -0.3 is 4.98 Å². The molecule has 18 heavy (non-hydrogen) atoms. The highest BCUT2D eigenvalue weighted by Gasteiger charge is 2.25. The molecule has 2 aromatic rings. The van der Waals surface area contributed by atoms with Gasteiger partial charge in [0.15, 0.2) is 0 Å². The number of aromatic nitrogens is 1. The van der Waals surface area contributed by atoms with Crippen LogP contribution in [0, 0.1) is 0 Å². The number of hydrogen-bond donors (Lipinski definition) is 2. The highest BCUT2D eigenvalue weighted by Crippen LogP contribution is 2.30. The third kappa shape index (κ3) is 1.78. The summed E-state index contributed by atoms with van der Waals surface area (Å²) < 4.78 is 0.898. The van der Waals surface area contributed by atoms with Gasteiger partial charge in [0.1, 0.15) is 0 Å². The Labute approximate surface area is 111 Å². The average Bonchev–Trinajstić information content (AvgIpc) is 2.76. The van der Waals surface area contributed by atoms with Crippen LogP contribution in [0.5, 0.6) is 0 Å². The summed E-state index contributed by atoms with van der Waals surface area (Å²) in [4.78, 5) is 27.7. The van der Waals surface area contributed by atoms with Crippen molar-refractivity contribution in [3.05, 3.63) is 28.9 Å². The highest BCUT2D eigenvalue weighted by molar-refractivity contribution is 9.10. The summed E-state index contributed by atoms with van der Waals surface area (Å²) in [6, 6.07) is 5.41. The zero-order valence-corrected chi connectivity index (χ0v) is 11.0. The van der Waals surface area contributed by atoms with E-state index in [1.165, 1.54) is 0 Å². The molecule has 0 saturated carbocycles. The van der Waals surface area contributed by atoms with Gasteiger partial charge in [0.25, 0.3) is 0 Å². The predicted molar refractivity (Wildman–Crippen MR) is 71.5 cm³/mol. The summed E-state index contributed by atoms with van der Waals surface area (Å²) in [5, 5.41) is 3.34. The monoisotopic (exact) mass is 307 g/mol. The normalized spacial score (nSPS) is 16.2. The third-order valence-electron chi connectivity index (χ3n) is 2.95. The molecule has 0 bridgehead atoms. The van der Waals surface area contributed by atoms with E-state index in [0.717, 1.165) is 21.1 Å². The van der Waals surface area contributed by atoms with Crippen molar-refractivity contribution < 1.29 is 9.59 Å². The number of imide groups is 1. The maximum Gasteiger partial charge on any atom is 0.328 e. The molecule has 2 N–H and O–H groups in total. The number of carbonyl (C=O) groups is 2.